The van der Waals surface area contributed by atoms with Crippen molar-refractivity contribution in [3.05, 3.63) is 59.9 Å². The van der Waals surface area contributed by atoms with Crippen LogP contribution in [0.3, 0.4) is 0 Å². The molecule has 1 amide bonds. The largest absolute Gasteiger partial charge is 0.493 e. The summed E-state index contributed by atoms with van der Waals surface area (Å²) in [5.74, 6) is 1.42. The molecular formula is C24H28N2O3. The van der Waals surface area contributed by atoms with Gasteiger partial charge in [-0.2, -0.15) is 0 Å². The van der Waals surface area contributed by atoms with Gasteiger partial charge < -0.3 is 19.4 Å². The Morgan fingerprint density at radius 3 is 2.76 bits per heavy atom. The molecule has 5 nitrogen and oxygen atoms in total. The number of nitrogens with one attached hydrogen (secondary N) is 1. The Morgan fingerprint density at radius 1 is 1.24 bits per heavy atom. The second kappa shape index (κ2) is 8.19. The summed E-state index contributed by atoms with van der Waals surface area (Å²) < 4.78 is 11.1. The Bertz CT molecular complexity index is 993. The second-order valence-electron chi connectivity index (χ2n) is 7.97. The molecule has 4 rings (SSSR count). The van der Waals surface area contributed by atoms with Crippen LogP contribution in [-0.2, 0) is 0 Å². The van der Waals surface area contributed by atoms with E-state index in [1.807, 2.05) is 25.1 Å². The first-order valence-electron chi connectivity index (χ1n) is 10.3. The van der Waals surface area contributed by atoms with Gasteiger partial charge in [-0.15, -0.1) is 0 Å². The molecular weight excluding hydrogens is 364 g/mol. The zero-order valence-corrected chi connectivity index (χ0v) is 17.3. The van der Waals surface area contributed by atoms with Gasteiger partial charge in [0.25, 0.3) is 5.91 Å². The summed E-state index contributed by atoms with van der Waals surface area (Å²) in [7, 11) is 1.59. The number of fused-ring (bicyclic) bond motifs is 1. The molecule has 2 aromatic carbocycles. The average Bonchev–Trinajstić information content (AvgIpc) is 3.18. The normalized spacial score (nSPS) is 17.9. The van der Waals surface area contributed by atoms with E-state index in [1.165, 1.54) is 18.5 Å². The monoisotopic (exact) mass is 392 g/mol. The molecule has 0 spiro atoms. The second-order valence-corrected chi connectivity index (χ2v) is 7.97. The summed E-state index contributed by atoms with van der Waals surface area (Å²) >= 11 is 0. The number of para-hydroxylation sites is 1. The minimum absolute atomic E-state index is 0.119. The molecule has 0 aliphatic carbocycles. The van der Waals surface area contributed by atoms with E-state index < -0.39 is 0 Å². The number of hydrogen-bond donors (Lipinski definition) is 1. The maximum absolute atomic E-state index is 12.7. The standard InChI is InChI=1S/C24H28N2O3/c1-16-6-5-13-26(15-16)20-11-9-18(10-12-20)17(2)25-24(27)22-14-19-7-4-8-21(28-3)23(19)29-22/h4,7-12,14,16-17H,5-6,13,15H2,1-3H3,(H,25,27)/t16-,17-/m0/s1. The van der Waals surface area contributed by atoms with Crippen molar-refractivity contribution in [2.45, 2.75) is 32.7 Å². The SMILES string of the molecule is COc1cccc2cc(C(=O)N[C@@H](C)c3ccc(N4CCC[C@H](C)C4)cc3)oc12. The van der Waals surface area contributed by atoms with Gasteiger partial charge in [-0.3, -0.25) is 4.79 Å². The molecule has 152 valence electrons. The lowest BCUT2D eigenvalue weighted by Gasteiger charge is -2.33. The summed E-state index contributed by atoms with van der Waals surface area (Å²) in [6.45, 7) is 6.53. The highest BCUT2D eigenvalue weighted by Crippen LogP contribution is 2.29. The molecule has 2 heterocycles. The van der Waals surface area contributed by atoms with Crippen molar-refractivity contribution in [1.29, 1.82) is 0 Å². The van der Waals surface area contributed by atoms with Crippen LogP contribution < -0.4 is 15.0 Å². The maximum Gasteiger partial charge on any atom is 0.287 e. The van der Waals surface area contributed by atoms with E-state index in [2.05, 4.69) is 41.4 Å². The molecule has 1 aromatic heterocycles. The third kappa shape index (κ3) is 4.09. The van der Waals surface area contributed by atoms with Gasteiger partial charge in [0, 0.05) is 24.2 Å². The highest BCUT2D eigenvalue weighted by molar-refractivity contribution is 5.97. The maximum atomic E-state index is 12.7. The van der Waals surface area contributed by atoms with Gasteiger partial charge in [0.2, 0.25) is 0 Å². The molecule has 5 heteroatoms. The zero-order valence-electron chi connectivity index (χ0n) is 17.3. The Balaban J connectivity index is 1.45. The van der Waals surface area contributed by atoms with Gasteiger partial charge in [-0.1, -0.05) is 31.2 Å². The molecule has 3 aromatic rings. The van der Waals surface area contributed by atoms with Crippen LogP contribution >= 0.6 is 0 Å². The van der Waals surface area contributed by atoms with Crippen molar-refractivity contribution < 1.29 is 13.9 Å². The van der Waals surface area contributed by atoms with Gasteiger partial charge in [-0.05, 0) is 55.5 Å². The number of hydrogen-bond acceptors (Lipinski definition) is 4. The first kappa shape index (κ1) is 19.4. The third-order valence-electron chi connectivity index (χ3n) is 5.71. The number of piperidine rings is 1. The Kier molecular flexibility index (Phi) is 5.47. The lowest BCUT2D eigenvalue weighted by Crippen LogP contribution is -2.34. The van der Waals surface area contributed by atoms with E-state index in [9.17, 15) is 4.79 Å². The van der Waals surface area contributed by atoms with E-state index >= 15 is 0 Å². The van der Waals surface area contributed by atoms with Crippen LogP contribution in [0.2, 0.25) is 0 Å². The number of carbonyl (C=O) groups excluding carboxylic acids is 1. The first-order valence-corrected chi connectivity index (χ1v) is 10.3. The fourth-order valence-corrected chi connectivity index (χ4v) is 4.06. The molecule has 1 fully saturated rings. The quantitative estimate of drug-likeness (QED) is 0.651. The van der Waals surface area contributed by atoms with Crippen molar-refractivity contribution in [1.82, 2.24) is 5.32 Å². The lowest BCUT2D eigenvalue weighted by atomic mass is 9.99. The highest BCUT2D eigenvalue weighted by atomic mass is 16.5. The van der Waals surface area contributed by atoms with Gasteiger partial charge in [0.1, 0.15) is 0 Å². The van der Waals surface area contributed by atoms with Crippen LogP contribution in [0.5, 0.6) is 5.75 Å². The van der Waals surface area contributed by atoms with Gasteiger partial charge in [-0.25, -0.2) is 0 Å². The Hall–Kier alpha value is -2.95. The van der Waals surface area contributed by atoms with Crippen LogP contribution in [0.4, 0.5) is 5.69 Å². The predicted molar refractivity (Wildman–Crippen MR) is 116 cm³/mol. The first-order chi connectivity index (χ1) is 14.0. The van der Waals surface area contributed by atoms with Gasteiger partial charge in [0.05, 0.1) is 13.2 Å². The molecule has 1 saturated heterocycles. The number of anilines is 1. The molecule has 0 bridgehead atoms. The molecule has 1 N–H and O–H groups in total. The molecule has 0 unspecified atom stereocenters. The molecule has 2 atom stereocenters. The summed E-state index contributed by atoms with van der Waals surface area (Å²) in [6.07, 6.45) is 2.56. The number of rotatable bonds is 5. The number of ether oxygens (including phenoxy) is 1. The molecule has 1 aliphatic heterocycles. The van der Waals surface area contributed by atoms with Crippen LogP contribution in [0.15, 0.2) is 52.9 Å². The summed E-state index contributed by atoms with van der Waals surface area (Å²) in [4.78, 5) is 15.1. The van der Waals surface area contributed by atoms with Gasteiger partial charge >= 0.3 is 0 Å². The van der Waals surface area contributed by atoms with E-state index in [-0.39, 0.29) is 17.7 Å². The Morgan fingerprint density at radius 2 is 2.03 bits per heavy atom. The van der Waals surface area contributed by atoms with Crippen molar-refractivity contribution in [3.8, 4) is 5.75 Å². The lowest BCUT2D eigenvalue weighted by molar-refractivity contribution is 0.0914. The average molecular weight is 392 g/mol. The minimum Gasteiger partial charge on any atom is -0.493 e. The number of methoxy groups -OCH3 is 1. The fraction of sp³-hybridized carbons (Fsp3) is 0.375. The molecule has 0 saturated carbocycles. The molecule has 29 heavy (non-hydrogen) atoms. The number of nitrogens with zero attached hydrogens (tertiary/aromatic N) is 1. The number of amides is 1. The van der Waals surface area contributed by atoms with Crippen LogP contribution in [0, 0.1) is 5.92 Å². The summed E-state index contributed by atoms with van der Waals surface area (Å²) in [6, 6.07) is 15.7. The van der Waals surface area contributed by atoms with Crippen molar-refractivity contribution >= 4 is 22.6 Å². The summed E-state index contributed by atoms with van der Waals surface area (Å²) in [5.41, 5.74) is 2.91. The van der Waals surface area contributed by atoms with Crippen molar-refractivity contribution in [2.24, 2.45) is 5.92 Å². The zero-order chi connectivity index (χ0) is 20.4. The smallest absolute Gasteiger partial charge is 0.287 e. The molecule has 1 aliphatic rings. The van der Waals surface area contributed by atoms with Crippen molar-refractivity contribution in [3.63, 3.8) is 0 Å². The van der Waals surface area contributed by atoms with Gasteiger partial charge in [0.15, 0.2) is 17.1 Å². The third-order valence-corrected chi connectivity index (χ3v) is 5.71. The van der Waals surface area contributed by atoms with Crippen LogP contribution in [-0.4, -0.2) is 26.1 Å². The Labute approximate surface area is 171 Å². The highest BCUT2D eigenvalue weighted by Gasteiger charge is 2.19. The number of carbonyl (C=O) groups is 1. The number of benzene rings is 2. The van der Waals surface area contributed by atoms with E-state index in [1.54, 1.807) is 13.2 Å². The molecule has 0 radical (unpaired) electrons. The van der Waals surface area contributed by atoms with Crippen LogP contribution in [0.25, 0.3) is 11.0 Å². The van der Waals surface area contributed by atoms with E-state index in [4.69, 9.17) is 9.15 Å². The topological polar surface area (TPSA) is 54.7 Å². The van der Waals surface area contributed by atoms with E-state index in [0.29, 0.717) is 11.3 Å². The summed E-state index contributed by atoms with van der Waals surface area (Å²) in [5, 5.41) is 3.88. The van der Waals surface area contributed by atoms with E-state index in [0.717, 1.165) is 30.0 Å². The van der Waals surface area contributed by atoms with Crippen LogP contribution in [0.1, 0.15) is 48.8 Å². The predicted octanol–water partition coefficient (Wildman–Crippen LogP) is 5.17. The number of furan rings is 1. The van der Waals surface area contributed by atoms with Crippen molar-refractivity contribution in [2.75, 3.05) is 25.1 Å². The minimum atomic E-state index is -0.232. The fourth-order valence-electron chi connectivity index (χ4n) is 4.06.